The van der Waals surface area contributed by atoms with Gasteiger partial charge in [-0.2, -0.15) is 0 Å². The first-order chi connectivity index (χ1) is 12.4. The molecule has 0 aromatic heterocycles. The maximum Gasteiger partial charge on any atom is 0.261 e. The number of carbonyl (C=O) groups excluding carboxylic acids is 1. The van der Waals surface area contributed by atoms with Gasteiger partial charge < -0.3 is 14.8 Å². The molecule has 8 heteroatoms. The molecule has 0 aliphatic carbocycles. The molecule has 0 saturated heterocycles. The van der Waals surface area contributed by atoms with Crippen LogP contribution in [0.2, 0.25) is 0 Å². The highest BCUT2D eigenvalue weighted by molar-refractivity contribution is 7.92. The van der Waals surface area contributed by atoms with E-state index in [1.807, 2.05) is 0 Å². The lowest BCUT2D eigenvalue weighted by molar-refractivity contribution is 0.0937. The van der Waals surface area contributed by atoms with Gasteiger partial charge in [0.15, 0.2) is 0 Å². The highest BCUT2D eigenvalue weighted by Crippen LogP contribution is 2.22. The number of nitrogens with one attached hydrogen (secondary N) is 2. The molecular formula is C18H22N2O5S. The number of amides is 1. The second-order valence-electron chi connectivity index (χ2n) is 5.56. The Morgan fingerprint density at radius 2 is 1.77 bits per heavy atom. The van der Waals surface area contributed by atoms with Gasteiger partial charge >= 0.3 is 0 Å². The van der Waals surface area contributed by atoms with Gasteiger partial charge in [-0.05, 0) is 48.9 Å². The summed E-state index contributed by atoms with van der Waals surface area (Å²) in [7, 11) is -0.727. The summed E-state index contributed by atoms with van der Waals surface area (Å²) in [4.78, 5) is 12.2. The van der Waals surface area contributed by atoms with Gasteiger partial charge in [0.2, 0.25) is 0 Å². The van der Waals surface area contributed by atoms with Gasteiger partial charge in [-0.15, -0.1) is 0 Å². The van der Waals surface area contributed by atoms with Crippen molar-refractivity contribution in [1.82, 2.24) is 5.32 Å². The minimum atomic E-state index is -3.78. The molecule has 0 bridgehead atoms. The second-order valence-corrected chi connectivity index (χ2v) is 7.24. The predicted octanol–water partition coefficient (Wildman–Crippen LogP) is 2.18. The van der Waals surface area contributed by atoms with Crippen LogP contribution in [0.3, 0.4) is 0 Å². The number of carbonyl (C=O) groups is 1. The average molecular weight is 378 g/mol. The summed E-state index contributed by atoms with van der Waals surface area (Å²) in [6.45, 7) is 2.53. The van der Waals surface area contributed by atoms with Gasteiger partial charge in [-0.1, -0.05) is 6.07 Å². The fraction of sp³-hybridized carbons (Fsp3) is 0.278. The molecule has 0 spiro atoms. The van der Waals surface area contributed by atoms with Gasteiger partial charge in [-0.3, -0.25) is 9.52 Å². The number of methoxy groups -OCH3 is 2. The molecule has 0 heterocycles. The zero-order valence-corrected chi connectivity index (χ0v) is 15.7. The standard InChI is InChI=1S/C18H22N2O5S/c1-13-4-5-14(18(21)19-10-11-24-2)12-17(13)20-26(22,23)16-8-6-15(25-3)7-9-16/h4-9,12,20H,10-11H2,1-3H3,(H,19,21). The number of hydrogen-bond donors (Lipinski definition) is 2. The normalized spacial score (nSPS) is 11.0. The number of sulfonamides is 1. The van der Waals surface area contributed by atoms with Crippen molar-refractivity contribution in [2.24, 2.45) is 0 Å². The van der Waals surface area contributed by atoms with Crippen molar-refractivity contribution >= 4 is 21.6 Å². The molecule has 2 aromatic rings. The Labute approximate surface area is 153 Å². The van der Waals surface area contributed by atoms with Crippen molar-refractivity contribution in [1.29, 1.82) is 0 Å². The third-order valence-electron chi connectivity index (χ3n) is 3.71. The quantitative estimate of drug-likeness (QED) is 0.687. The summed E-state index contributed by atoms with van der Waals surface area (Å²) in [5.41, 5.74) is 1.41. The van der Waals surface area contributed by atoms with Crippen molar-refractivity contribution in [3.05, 3.63) is 53.6 Å². The van der Waals surface area contributed by atoms with Crippen LogP contribution in [0.5, 0.6) is 5.75 Å². The average Bonchev–Trinajstić information content (AvgIpc) is 2.63. The Morgan fingerprint density at radius 1 is 1.08 bits per heavy atom. The lowest BCUT2D eigenvalue weighted by Gasteiger charge is -2.13. The van der Waals surface area contributed by atoms with Crippen LogP contribution < -0.4 is 14.8 Å². The van der Waals surface area contributed by atoms with Crippen LogP contribution in [0, 0.1) is 6.92 Å². The molecule has 0 aliphatic heterocycles. The maximum absolute atomic E-state index is 12.6. The Morgan fingerprint density at radius 3 is 2.38 bits per heavy atom. The van der Waals surface area contributed by atoms with Gasteiger partial charge in [0.05, 0.1) is 24.3 Å². The molecule has 0 unspecified atom stereocenters. The molecule has 2 N–H and O–H groups in total. The lowest BCUT2D eigenvalue weighted by Crippen LogP contribution is -2.27. The molecule has 2 rings (SSSR count). The molecule has 2 aromatic carbocycles. The van der Waals surface area contributed by atoms with E-state index in [1.165, 1.54) is 25.3 Å². The number of rotatable bonds is 8. The number of benzene rings is 2. The van der Waals surface area contributed by atoms with Gasteiger partial charge in [0, 0.05) is 19.2 Å². The van der Waals surface area contributed by atoms with Crippen LogP contribution in [-0.4, -0.2) is 41.7 Å². The van der Waals surface area contributed by atoms with Crippen LogP contribution in [0.4, 0.5) is 5.69 Å². The molecule has 0 saturated carbocycles. The van der Waals surface area contributed by atoms with Gasteiger partial charge in [0.1, 0.15) is 5.75 Å². The summed E-state index contributed by atoms with van der Waals surface area (Å²) in [5.74, 6) is 0.266. The molecule has 1 amide bonds. The molecular weight excluding hydrogens is 356 g/mol. The van der Waals surface area contributed by atoms with Crippen LogP contribution in [-0.2, 0) is 14.8 Å². The Hall–Kier alpha value is -2.58. The Bertz CT molecular complexity index is 864. The van der Waals surface area contributed by atoms with E-state index in [4.69, 9.17) is 9.47 Å². The summed E-state index contributed by atoms with van der Waals surface area (Å²) < 4.78 is 37.6. The lowest BCUT2D eigenvalue weighted by atomic mass is 10.1. The SMILES string of the molecule is COCCNC(=O)c1ccc(C)c(NS(=O)(=O)c2ccc(OC)cc2)c1. The number of hydrogen-bond acceptors (Lipinski definition) is 5. The van der Waals surface area contributed by atoms with E-state index in [0.29, 0.717) is 35.7 Å². The van der Waals surface area contributed by atoms with Crippen LogP contribution in [0.1, 0.15) is 15.9 Å². The highest BCUT2D eigenvalue weighted by Gasteiger charge is 2.16. The largest absolute Gasteiger partial charge is 0.497 e. The second kappa shape index (κ2) is 8.68. The zero-order chi connectivity index (χ0) is 19.2. The molecule has 26 heavy (non-hydrogen) atoms. The maximum atomic E-state index is 12.6. The van der Waals surface area contributed by atoms with Crippen molar-refractivity contribution in [3.63, 3.8) is 0 Å². The van der Waals surface area contributed by atoms with E-state index in [2.05, 4.69) is 10.0 Å². The number of ether oxygens (including phenoxy) is 2. The zero-order valence-electron chi connectivity index (χ0n) is 14.9. The number of aryl methyl sites for hydroxylation is 1. The highest BCUT2D eigenvalue weighted by atomic mass is 32.2. The first-order valence-corrected chi connectivity index (χ1v) is 9.40. The van der Waals surface area contributed by atoms with E-state index in [0.717, 1.165) is 0 Å². The smallest absolute Gasteiger partial charge is 0.261 e. The van der Waals surface area contributed by atoms with Crippen LogP contribution in [0.15, 0.2) is 47.4 Å². The number of anilines is 1. The third kappa shape index (κ3) is 4.96. The monoisotopic (exact) mass is 378 g/mol. The third-order valence-corrected chi connectivity index (χ3v) is 5.09. The predicted molar refractivity (Wildman–Crippen MR) is 99.2 cm³/mol. The summed E-state index contributed by atoms with van der Waals surface area (Å²) >= 11 is 0. The molecule has 0 atom stereocenters. The van der Waals surface area contributed by atoms with Crippen LogP contribution in [0.25, 0.3) is 0 Å². The van der Waals surface area contributed by atoms with Crippen molar-refractivity contribution in [2.45, 2.75) is 11.8 Å². The van der Waals surface area contributed by atoms with Crippen molar-refractivity contribution < 1.29 is 22.7 Å². The summed E-state index contributed by atoms with van der Waals surface area (Å²) in [6, 6.07) is 10.9. The molecule has 140 valence electrons. The van der Waals surface area contributed by atoms with Crippen molar-refractivity contribution in [2.75, 3.05) is 32.1 Å². The fourth-order valence-electron chi connectivity index (χ4n) is 2.20. The topological polar surface area (TPSA) is 93.7 Å². The minimum Gasteiger partial charge on any atom is -0.497 e. The minimum absolute atomic E-state index is 0.104. The Kier molecular flexibility index (Phi) is 6.59. The summed E-state index contributed by atoms with van der Waals surface area (Å²) in [6.07, 6.45) is 0. The molecule has 7 nitrogen and oxygen atoms in total. The molecule has 0 radical (unpaired) electrons. The molecule has 0 aliphatic rings. The van der Waals surface area contributed by atoms with Crippen LogP contribution >= 0.6 is 0 Å². The van der Waals surface area contributed by atoms with E-state index in [1.54, 1.807) is 38.3 Å². The first kappa shape index (κ1) is 19.7. The van der Waals surface area contributed by atoms with E-state index >= 15 is 0 Å². The van der Waals surface area contributed by atoms with Gasteiger partial charge in [0.25, 0.3) is 15.9 Å². The van der Waals surface area contributed by atoms with E-state index < -0.39 is 10.0 Å². The van der Waals surface area contributed by atoms with E-state index in [-0.39, 0.29) is 10.8 Å². The van der Waals surface area contributed by atoms with E-state index in [9.17, 15) is 13.2 Å². The summed E-state index contributed by atoms with van der Waals surface area (Å²) in [5, 5.41) is 2.70. The fourth-order valence-corrected chi connectivity index (χ4v) is 3.32. The van der Waals surface area contributed by atoms with Gasteiger partial charge in [-0.25, -0.2) is 8.42 Å². The first-order valence-electron chi connectivity index (χ1n) is 7.92. The Balaban J connectivity index is 2.21. The van der Waals surface area contributed by atoms with Crippen molar-refractivity contribution in [3.8, 4) is 5.75 Å². The molecule has 0 fully saturated rings.